The fourth-order valence-electron chi connectivity index (χ4n) is 2.14. The van der Waals surface area contributed by atoms with E-state index in [0.717, 1.165) is 0 Å². The molecule has 0 aliphatic heterocycles. The summed E-state index contributed by atoms with van der Waals surface area (Å²) in [6.45, 7) is 8.17. The molecule has 0 N–H and O–H groups in total. The van der Waals surface area contributed by atoms with Gasteiger partial charge in [-0.25, -0.2) is 0 Å². The van der Waals surface area contributed by atoms with Crippen molar-refractivity contribution in [3.8, 4) is 0 Å². The first-order valence-corrected chi connectivity index (χ1v) is 10.8. The van der Waals surface area contributed by atoms with Crippen molar-refractivity contribution in [2.75, 3.05) is 0 Å². The van der Waals surface area contributed by atoms with E-state index in [-0.39, 0.29) is 42.1 Å². The molecule has 0 radical (unpaired) electrons. The Morgan fingerprint density at radius 1 is 0.708 bits per heavy atom. The first-order valence-electron chi connectivity index (χ1n) is 7.71. The maximum absolute atomic E-state index is 3.78. The minimum atomic E-state index is -0.389. The molecule has 4 aromatic rings. The summed E-state index contributed by atoms with van der Waals surface area (Å²) in [5, 5.41) is 5.32. The van der Waals surface area contributed by atoms with Crippen LogP contribution in [0.25, 0.3) is 21.5 Å². The molecule has 0 heterocycles. The summed E-state index contributed by atoms with van der Waals surface area (Å²) < 4.78 is 0. The molecule has 0 atom stereocenters. The molecule has 24 heavy (non-hydrogen) atoms. The largest absolute Gasteiger partial charge is 4.00 e. The Labute approximate surface area is 167 Å². The first-order chi connectivity index (χ1) is 10.7. The van der Waals surface area contributed by atoms with Gasteiger partial charge in [-0.3, -0.25) is 0 Å². The number of hydrogen-bond acceptors (Lipinski definition) is 0. The Hall–Kier alpha value is -1.25. The molecule has 4 rings (SSSR count). The maximum atomic E-state index is 3.78. The first kappa shape index (κ1) is 22.7. The van der Waals surface area contributed by atoms with Crippen molar-refractivity contribution in [3.63, 3.8) is 0 Å². The third-order valence-corrected chi connectivity index (χ3v) is 3.10. The third kappa shape index (κ3) is 7.54. The molecule has 4 aromatic carbocycles. The molecule has 0 fully saturated rings. The van der Waals surface area contributed by atoms with Gasteiger partial charge in [-0.2, -0.15) is 35.0 Å². The van der Waals surface area contributed by atoms with Crippen LogP contribution in [0.3, 0.4) is 0 Å². The molecule has 0 spiro atoms. The van der Waals surface area contributed by atoms with Crippen molar-refractivity contribution in [1.29, 1.82) is 0 Å². The topological polar surface area (TPSA) is 0 Å². The van der Waals surface area contributed by atoms with Gasteiger partial charge in [0.1, 0.15) is 0 Å². The van der Waals surface area contributed by atoms with Crippen LogP contribution in [0.4, 0.5) is 0 Å². The van der Waals surface area contributed by atoms with E-state index in [0.29, 0.717) is 0 Å². The molecular weight excluding hydrogens is 471 g/mol. The standard InChI is InChI=1S/2C9H7.C3H9Si.CH3.Hf/c2*1-2-5-9-7-3-6-8(9)4-1;1-4(2)3;;/h2*1-7H;4H,1H2,2-3H3;1H3;/q4*-1;+4. The summed E-state index contributed by atoms with van der Waals surface area (Å²) in [6, 6.07) is 29.3. The van der Waals surface area contributed by atoms with Crippen LogP contribution in [-0.2, 0) is 25.8 Å². The van der Waals surface area contributed by atoms with Gasteiger partial charge in [0.2, 0.25) is 0 Å². The summed E-state index contributed by atoms with van der Waals surface area (Å²) in [4.78, 5) is 0. The number of benzene rings is 2. The van der Waals surface area contributed by atoms with E-state index in [2.05, 4.69) is 105 Å². The SMILES string of the molecule is [CH2-][SiH](C)C.[CH3-].[Hf+4].c1ccc2[cH-]ccc2c1.c1ccc2[cH-]ccc2c1. The zero-order valence-electron chi connectivity index (χ0n) is 14.9. The van der Waals surface area contributed by atoms with Crippen molar-refractivity contribution in [3.05, 3.63) is 98.9 Å². The normalized spacial score (nSPS) is 9.17. The molecule has 0 unspecified atom stereocenters. The zero-order chi connectivity index (χ0) is 15.8. The summed E-state index contributed by atoms with van der Waals surface area (Å²) in [5.74, 6) is 0. The van der Waals surface area contributed by atoms with Gasteiger partial charge in [-0.15, -0.1) is 68.1 Å². The van der Waals surface area contributed by atoms with Crippen LogP contribution < -0.4 is 0 Å². The van der Waals surface area contributed by atoms with E-state index in [9.17, 15) is 0 Å². The van der Waals surface area contributed by atoms with Crippen molar-refractivity contribution in [2.24, 2.45) is 0 Å². The Morgan fingerprint density at radius 3 is 1.38 bits per heavy atom. The van der Waals surface area contributed by atoms with Crippen LogP contribution in [-0.4, -0.2) is 8.80 Å². The van der Waals surface area contributed by atoms with Gasteiger partial charge in [0.25, 0.3) is 0 Å². The van der Waals surface area contributed by atoms with E-state index in [1.165, 1.54) is 21.5 Å². The maximum Gasteiger partial charge on any atom is 4.00 e. The summed E-state index contributed by atoms with van der Waals surface area (Å²) in [5.41, 5.74) is 0. The molecule has 0 aromatic heterocycles. The molecule has 0 aliphatic carbocycles. The molecule has 122 valence electrons. The molecule has 0 aliphatic rings. The predicted octanol–water partition coefficient (Wildman–Crippen LogP) is 6.41. The van der Waals surface area contributed by atoms with Gasteiger partial charge in [0.15, 0.2) is 0 Å². The fraction of sp³-hybridized carbons (Fsp3) is 0.0909. The van der Waals surface area contributed by atoms with Crippen molar-refractivity contribution in [2.45, 2.75) is 13.1 Å². The monoisotopic (exact) mass is 498 g/mol. The minimum absolute atomic E-state index is 0. The van der Waals surface area contributed by atoms with Gasteiger partial charge < -0.3 is 14.0 Å². The van der Waals surface area contributed by atoms with Crippen LogP contribution >= 0.6 is 0 Å². The second-order valence-corrected chi connectivity index (χ2v) is 8.49. The minimum Gasteiger partial charge on any atom is -0.358 e. The Balaban J connectivity index is 0.000000341. The quantitative estimate of drug-likeness (QED) is 0.195. The van der Waals surface area contributed by atoms with E-state index in [1.54, 1.807) is 0 Å². The van der Waals surface area contributed by atoms with E-state index in [1.807, 2.05) is 0 Å². The van der Waals surface area contributed by atoms with Crippen molar-refractivity contribution < 1.29 is 25.8 Å². The van der Waals surface area contributed by atoms with Crippen LogP contribution in [0, 0.1) is 14.0 Å². The van der Waals surface area contributed by atoms with Crippen molar-refractivity contribution in [1.82, 2.24) is 0 Å². The van der Waals surface area contributed by atoms with Crippen LogP contribution in [0.5, 0.6) is 0 Å². The van der Waals surface area contributed by atoms with E-state index < -0.39 is 0 Å². The molecule has 0 bridgehead atoms. The molecule has 0 saturated carbocycles. The van der Waals surface area contributed by atoms with Crippen molar-refractivity contribution >= 4 is 30.3 Å². The average molecular weight is 497 g/mol. The van der Waals surface area contributed by atoms with E-state index in [4.69, 9.17) is 0 Å². The second kappa shape index (κ2) is 12.2. The molecule has 0 saturated heterocycles. The zero-order valence-corrected chi connectivity index (χ0v) is 19.6. The fourth-order valence-corrected chi connectivity index (χ4v) is 2.14. The van der Waals surface area contributed by atoms with Crippen LogP contribution in [0.2, 0.25) is 13.1 Å². The molecular formula is C22H26HfSi. The Morgan fingerprint density at radius 2 is 1.04 bits per heavy atom. The van der Waals surface area contributed by atoms with E-state index >= 15 is 0 Å². The van der Waals surface area contributed by atoms with Gasteiger partial charge in [-0.1, -0.05) is 25.2 Å². The van der Waals surface area contributed by atoms with Gasteiger partial charge in [0.05, 0.1) is 0 Å². The second-order valence-electron chi connectivity index (χ2n) is 5.70. The van der Waals surface area contributed by atoms with Gasteiger partial charge >= 0.3 is 25.8 Å². The van der Waals surface area contributed by atoms with Crippen LogP contribution in [0.1, 0.15) is 0 Å². The summed E-state index contributed by atoms with van der Waals surface area (Å²) in [7, 11) is -0.389. The Kier molecular flexibility index (Phi) is 11.5. The molecule has 2 heteroatoms. The van der Waals surface area contributed by atoms with Gasteiger partial charge in [-0.05, 0) is 0 Å². The summed E-state index contributed by atoms with van der Waals surface area (Å²) >= 11 is 0. The Bertz CT molecular complexity index is 666. The van der Waals surface area contributed by atoms with Crippen LogP contribution in [0.15, 0.2) is 84.9 Å². The smallest absolute Gasteiger partial charge is 0.358 e. The van der Waals surface area contributed by atoms with Gasteiger partial charge in [0, 0.05) is 0 Å². The number of fused-ring (bicyclic) bond motifs is 2. The number of hydrogen-bond donors (Lipinski definition) is 0. The third-order valence-electron chi connectivity index (χ3n) is 3.10. The predicted molar refractivity (Wildman–Crippen MR) is 110 cm³/mol. The number of rotatable bonds is 0. The molecule has 0 nitrogen and oxygen atoms in total. The summed E-state index contributed by atoms with van der Waals surface area (Å²) in [6.07, 6.45) is 0. The average Bonchev–Trinajstić information content (AvgIpc) is 3.16. The molecule has 0 amide bonds.